The average Bonchev–Trinajstić information content (AvgIpc) is 2.77. The van der Waals surface area contributed by atoms with E-state index < -0.39 is 5.60 Å². The van der Waals surface area contributed by atoms with E-state index in [-0.39, 0.29) is 11.9 Å². The Bertz CT molecular complexity index is 896. The molecule has 0 aliphatic rings. The van der Waals surface area contributed by atoms with Gasteiger partial charge in [0.15, 0.2) is 0 Å². The molecule has 1 unspecified atom stereocenters. The zero-order chi connectivity index (χ0) is 22.8. The van der Waals surface area contributed by atoms with Gasteiger partial charge in [0.25, 0.3) is 0 Å². The molecule has 1 atom stereocenters. The van der Waals surface area contributed by atoms with E-state index in [1.807, 2.05) is 74.6 Å². The van der Waals surface area contributed by atoms with Crippen LogP contribution in [0, 0.1) is 0 Å². The predicted octanol–water partition coefficient (Wildman–Crippen LogP) is 8.19. The molecular weight excluding hydrogens is 432 g/mol. The largest absolute Gasteiger partial charge is 0.459 e. The number of esters is 1. The van der Waals surface area contributed by atoms with Gasteiger partial charge >= 0.3 is 5.97 Å². The number of benzene rings is 3. The SMILES string of the molecule is CC(C)(C)OC(=O)C(CCCC(Sc1ccccc1)Sc1ccccc1)c1ccccc1. The highest BCUT2D eigenvalue weighted by Gasteiger charge is 2.26. The maximum absolute atomic E-state index is 13.0. The molecule has 0 aliphatic carbocycles. The van der Waals surface area contributed by atoms with Gasteiger partial charge in [0.1, 0.15) is 5.60 Å². The highest BCUT2D eigenvalue weighted by atomic mass is 32.2. The fourth-order valence-corrected chi connectivity index (χ4v) is 6.07. The molecule has 0 saturated heterocycles. The van der Waals surface area contributed by atoms with Crippen molar-refractivity contribution in [3.8, 4) is 0 Å². The third kappa shape index (κ3) is 8.40. The molecule has 0 saturated carbocycles. The van der Waals surface area contributed by atoms with Crippen LogP contribution in [0.5, 0.6) is 0 Å². The van der Waals surface area contributed by atoms with Gasteiger partial charge in [-0.1, -0.05) is 73.2 Å². The van der Waals surface area contributed by atoms with Gasteiger partial charge in [-0.05, 0) is 63.4 Å². The Balaban J connectivity index is 1.68. The summed E-state index contributed by atoms with van der Waals surface area (Å²) in [7, 11) is 0. The van der Waals surface area contributed by atoms with Gasteiger partial charge in [-0.25, -0.2) is 0 Å². The summed E-state index contributed by atoms with van der Waals surface area (Å²) in [5.74, 6) is -0.369. The predicted molar refractivity (Wildman–Crippen MR) is 137 cm³/mol. The topological polar surface area (TPSA) is 26.3 Å². The van der Waals surface area contributed by atoms with E-state index in [2.05, 4.69) is 60.7 Å². The fourth-order valence-electron chi connectivity index (χ4n) is 3.41. The summed E-state index contributed by atoms with van der Waals surface area (Å²) >= 11 is 3.79. The summed E-state index contributed by atoms with van der Waals surface area (Å²) in [4.78, 5) is 15.5. The van der Waals surface area contributed by atoms with Gasteiger partial charge in [0.05, 0.1) is 10.5 Å². The molecule has 0 amide bonds. The van der Waals surface area contributed by atoms with Crippen molar-refractivity contribution in [3.63, 3.8) is 0 Å². The van der Waals surface area contributed by atoms with Crippen molar-refractivity contribution in [1.29, 1.82) is 0 Å². The quantitative estimate of drug-likeness (QED) is 0.172. The fraction of sp³-hybridized carbons (Fsp3) is 0.321. The third-order valence-corrected chi connectivity index (χ3v) is 7.51. The lowest BCUT2D eigenvalue weighted by Crippen LogP contribution is -2.28. The van der Waals surface area contributed by atoms with Crippen LogP contribution in [0.25, 0.3) is 0 Å². The van der Waals surface area contributed by atoms with Crippen LogP contribution >= 0.6 is 23.5 Å². The van der Waals surface area contributed by atoms with Gasteiger partial charge in [-0.15, -0.1) is 23.5 Å². The second kappa shape index (κ2) is 12.2. The lowest BCUT2D eigenvalue weighted by Gasteiger charge is -2.25. The highest BCUT2D eigenvalue weighted by Crippen LogP contribution is 2.39. The van der Waals surface area contributed by atoms with Crippen molar-refractivity contribution in [2.45, 2.75) is 65.9 Å². The van der Waals surface area contributed by atoms with Crippen LogP contribution in [0.4, 0.5) is 0 Å². The molecule has 32 heavy (non-hydrogen) atoms. The zero-order valence-corrected chi connectivity index (χ0v) is 20.7. The summed E-state index contributed by atoms with van der Waals surface area (Å²) < 4.78 is 6.12. The molecule has 3 aromatic carbocycles. The minimum absolute atomic E-state index is 0.133. The molecule has 3 aromatic rings. The summed E-state index contributed by atoms with van der Waals surface area (Å²) in [6.45, 7) is 5.78. The van der Waals surface area contributed by atoms with E-state index in [0.717, 1.165) is 24.8 Å². The Labute approximate surface area is 201 Å². The molecule has 0 heterocycles. The first-order valence-electron chi connectivity index (χ1n) is 11.1. The van der Waals surface area contributed by atoms with Gasteiger partial charge in [-0.3, -0.25) is 4.79 Å². The van der Waals surface area contributed by atoms with Crippen LogP contribution in [-0.2, 0) is 9.53 Å². The molecular formula is C28H32O2S2. The number of hydrogen-bond acceptors (Lipinski definition) is 4. The summed E-state index contributed by atoms with van der Waals surface area (Å²) in [5.41, 5.74) is 0.545. The Morgan fingerprint density at radius 1 is 0.750 bits per heavy atom. The first kappa shape index (κ1) is 24.5. The second-order valence-corrected chi connectivity index (χ2v) is 11.6. The lowest BCUT2D eigenvalue weighted by molar-refractivity contribution is -0.157. The Morgan fingerprint density at radius 2 is 1.22 bits per heavy atom. The monoisotopic (exact) mass is 464 g/mol. The van der Waals surface area contributed by atoms with Crippen LogP contribution in [0.3, 0.4) is 0 Å². The summed E-state index contributed by atoms with van der Waals surface area (Å²) in [5, 5.41) is 0. The number of thioether (sulfide) groups is 2. The van der Waals surface area contributed by atoms with Crippen molar-refractivity contribution in [2.75, 3.05) is 0 Å². The van der Waals surface area contributed by atoms with Crippen LogP contribution in [-0.4, -0.2) is 16.2 Å². The number of hydrogen-bond donors (Lipinski definition) is 0. The summed E-state index contributed by atoms with van der Waals surface area (Å²) in [6, 6.07) is 31.1. The Kier molecular flexibility index (Phi) is 9.31. The van der Waals surface area contributed by atoms with E-state index in [1.165, 1.54) is 9.79 Å². The van der Waals surface area contributed by atoms with Gasteiger partial charge in [0, 0.05) is 9.79 Å². The standard InChI is InChI=1S/C28H32O2S2/c1-28(2,3)30-27(29)25(22-14-7-4-8-15-22)20-13-21-26(31-23-16-9-5-10-17-23)32-24-18-11-6-12-19-24/h4-12,14-19,25-26H,13,20-21H2,1-3H3. The minimum atomic E-state index is -0.487. The molecule has 0 N–H and O–H groups in total. The number of carbonyl (C=O) groups is 1. The summed E-state index contributed by atoms with van der Waals surface area (Å²) in [6.07, 6.45) is 2.73. The first-order valence-corrected chi connectivity index (χ1v) is 12.9. The molecule has 0 aromatic heterocycles. The second-order valence-electron chi connectivity index (χ2n) is 8.72. The van der Waals surface area contributed by atoms with E-state index in [0.29, 0.717) is 4.58 Å². The van der Waals surface area contributed by atoms with Gasteiger partial charge in [-0.2, -0.15) is 0 Å². The third-order valence-electron chi connectivity index (χ3n) is 4.85. The van der Waals surface area contributed by atoms with Crippen LogP contribution in [0.1, 0.15) is 51.5 Å². The van der Waals surface area contributed by atoms with Crippen molar-refractivity contribution in [2.24, 2.45) is 0 Å². The average molecular weight is 465 g/mol. The van der Waals surface area contributed by atoms with Gasteiger partial charge < -0.3 is 4.74 Å². The number of carbonyl (C=O) groups excluding carboxylic acids is 1. The minimum Gasteiger partial charge on any atom is -0.459 e. The van der Waals surface area contributed by atoms with Crippen molar-refractivity contribution >= 4 is 29.5 Å². The molecule has 4 heteroatoms. The Morgan fingerprint density at radius 3 is 1.69 bits per heavy atom. The van der Waals surface area contributed by atoms with Crippen molar-refractivity contribution in [1.82, 2.24) is 0 Å². The maximum Gasteiger partial charge on any atom is 0.313 e. The smallest absolute Gasteiger partial charge is 0.313 e. The van der Waals surface area contributed by atoms with Crippen LogP contribution < -0.4 is 0 Å². The molecule has 2 nitrogen and oxygen atoms in total. The van der Waals surface area contributed by atoms with Crippen molar-refractivity contribution in [3.05, 3.63) is 96.6 Å². The molecule has 0 fully saturated rings. The van der Waals surface area contributed by atoms with E-state index in [9.17, 15) is 4.79 Å². The molecule has 0 aliphatic heterocycles. The normalized spacial score (nSPS) is 12.5. The van der Waals surface area contributed by atoms with E-state index in [1.54, 1.807) is 0 Å². The molecule has 0 spiro atoms. The van der Waals surface area contributed by atoms with E-state index >= 15 is 0 Å². The maximum atomic E-state index is 13.0. The van der Waals surface area contributed by atoms with Crippen LogP contribution in [0.2, 0.25) is 0 Å². The lowest BCUT2D eigenvalue weighted by atomic mass is 9.93. The molecule has 168 valence electrons. The molecule has 3 rings (SSSR count). The first-order chi connectivity index (χ1) is 15.4. The number of rotatable bonds is 10. The van der Waals surface area contributed by atoms with Gasteiger partial charge in [0.2, 0.25) is 0 Å². The zero-order valence-electron chi connectivity index (χ0n) is 19.1. The molecule has 0 bridgehead atoms. The Hall–Kier alpha value is -2.17. The van der Waals surface area contributed by atoms with E-state index in [4.69, 9.17) is 4.74 Å². The number of ether oxygens (including phenoxy) is 1. The highest BCUT2D eigenvalue weighted by molar-refractivity contribution is 8.17. The van der Waals surface area contributed by atoms with Crippen molar-refractivity contribution < 1.29 is 9.53 Å². The van der Waals surface area contributed by atoms with Crippen LogP contribution in [0.15, 0.2) is 101 Å². The molecule has 0 radical (unpaired) electrons.